The molecule has 0 saturated carbocycles. The molecule has 0 fully saturated rings. The Hall–Kier alpha value is -2.12. The van der Waals surface area contributed by atoms with Gasteiger partial charge in [-0.05, 0) is 94.5 Å². The Balaban J connectivity index is 1.61. The van der Waals surface area contributed by atoms with Gasteiger partial charge >= 0.3 is 0 Å². The molecular weight excluding hydrogens is 400 g/mol. The van der Waals surface area contributed by atoms with Crippen LogP contribution in [0.3, 0.4) is 0 Å². The average Bonchev–Trinajstić information content (AvgIpc) is 3.07. The van der Waals surface area contributed by atoms with Crippen molar-refractivity contribution in [3.63, 3.8) is 0 Å². The van der Waals surface area contributed by atoms with E-state index in [1.807, 2.05) is 0 Å². The zero-order valence-electron chi connectivity index (χ0n) is 20.7. The minimum absolute atomic E-state index is 0.633. The third kappa shape index (κ3) is 3.32. The van der Waals surface area contributed by atoms with Crippen molar-refractivity contribution in [2.24, 2.45) is 0 Å². The van der Waals surface area contributed by atoms with Crippen LogP contribution < -0.4 is 0 Å². The van der Waals surface area contributed by atoms with E-state index >= 15 is 0 Å². The second-order valence-corrected chi connectivity index (χ2v) is 16.3. The minimum atomic E-state index is -1.65. The highest BCUT2D eigenvalue weighted by atomic mass is 28.3. The lowest BCUT2D eigenvalue weighted by atomic mass is 9.76. The van der Waals surface area contributed by atoms with Gasteiger partial charge < -0.3 is 0 Å². The first kappa shape index (κ1) is 21.7. The molecule has 0 spiro atoms. The molecular formula is C31H38Si. The lowest BCUT2D eigenvalue weighted by Gasteiger charge is -2.48. The summed E-state index contributed by atoms with van der Waals surface area (Å²) in [6, 6.07) is 25.5. The molecule has 4 atom stereocenters. The highest BCUT2D eigenvalue weighted by Crippen LogP contribution is 2.60. The number of rotatable bonds is 3. The van der Waals surface area contributed by atoms with Crippen LogP contribution in [0.4, 0.5) is 0 Å². The lowest BCUT2D eigenvalue weighted by molar-refractivity contribution is 0.532. The van der Waals surface area contributed by atoms with Crippen molar-refractivity contribution >= 4 is 8.07 Å². The molecule has 0 aromatic heterocycles. The summed E-state index contributed by atoms with van der Waals surface area (Å²) in [6.07, 6.45) is 2.46. The smallest absolute Gasteiger partial charge is 0.0557 e. The zero-order chi connectivity index (χ0) is 22.6. The molecule has 1 heteroatoms. The number of aryl methyl sites for hydroxylation is 2. The summed E-state index contributed by atoms with van der Waals surface area (Å²) in [6.45, 7) is 15.2. The second-order valence-electron chi connectivity index (χ2n) is 11.2. The molecule has 0 aliphatic heterocycles. The number of benzene rings is 3. The van der Waals surface area contributed by atoms with Crippen LogP contribution in [-0.2, 0) is 12.8 Å². The van der Waals surface area contributed by atoms with E-state index in [0.29, 0.717) is 17.8 Å². The zero-order valence-corrected chi connectivity index (χ0v) is 21.7. The minimum Gasteiger partial charge on any atom is -0.0689 e. The fraction of sp³-hybridized carbons (Fsp3) is 0.419. The summed E-state index contributed by atoms with van der Waals surface area (Å²) in [7, 11) is -1.65. The van der Waals surface area contributed by atoms with Crippen molar-refractivity contribution in [1.82, 2.24) is 0 Å². The van der Waals surface area contributed by atoms with Crippen LogP contribution >= 0.6 is 0 Å². The van der Waals surface area contributed by atoms with E-state index in [-0.39, 0.29) is 0 Å². The Kier molecular flexibility index (Phi) is 5.44. The molecule has 0 saturated heterocycles. The number of hydrogen-bond acceptors (Lipinski definition) is 0. The Morgan fingerprint density at radius 1 is 0.656 bits per heavy atom. The average molecular weight is 439 g/mol. The van der Waals surface area contributed by atoms with Crippen LogP contribution in [0.2, 0.25) is 24.2 Å². The summed E-state index contributed by atoms with van der Waals surface area (Å²) >= 11 is 0. The van der Waals surface area contributed by atoms with Gasteiger partial charge in [-0.15, -0.1) is 0 Å². The van der Waals surface area contributed by atoms with Gasteiger partial charge in [-0.2, -0.15) is 0 Å². The highest BCUT2D eigenvalue weighted by Gasteiger charge is 2.52. The fourth-order valence-corrected chi connectivity index (χ4v) is 13.3. The van der Waals surface area contributed by atoms with Gasteiger partial charge in [0.2, 0.25) is 0 Å². The van der Waals surface area contributed by atoms with Crippen LogP contribution in [0.25, 0.3) is 0 Å². The Bertz CT molecular complexity index is 1100. The van der Waals surface area contributed by atoms with Gasteiger partial charge in [0.05, 0.1) is 8.07 Å². The highest BCUT2D eigenvalue weighted by molar-refractivity contribution is 6.80. The van der Waals surface area contributed by atoms with E-state index < -0.39 is 8.07 Å². The molecule has 0 amide bonds. The summed E-state index contributed by atoms with van der Waals surface area (Å²) in [4.78, 5) is 0. The standard InChI is InChI=1S/C31H38Si/c1-20-16-17-21(2)28-19-30(29(18-27(20)28)24-12-8-7-9-13-24)32(5,6)31-22(3)25-14-10-11-15-26(25)23(31)4/h7-17,22-23,29-31H,18-19H2,1-6H3. The van der Waals surface area contributed by atoms with Gasteiger partial charge in [-0.25, -0.2) is 0 Å². The predicted octanol–water partition coefficient (Wildman–Crippen LogP) is 8.56. The quantitative estimate of drug-likeness (QED) is 0.359. The monoisotopic (exact) mass is 438 g/mol. The van der Waals surface area contributed by atoms with E-state index in [4.69, 9.17) is 0 Å². The van der Waals surface area contributed by atoms with Gasteiger partial charge in [0.1, 0.15) is 0 Å². The van der Waals surface area contributed by atoms with Gasteiger partial charge in [-0.1, -0.05) is 93.7 Å². The van der Waals surface area contributed by atoms with Crippen LogP contribution in [0.1, 0.15) is 70.5 Å². The molecule has 0 bridgehead atoms. The molecule has 5 rings (SSSR count). The molecule has 4 unspecified atom stereocenters. The van der Waals surface area contributed by atoms with Crippen molar-refractivity contribution in [1.29, 1.82) is 0 Å². The molecule has 0 heterocycles. The maximum absolute atomic E-state index is 2.73. The summed E-state index contributed by atoms with van der Waals surface area (Å²) in [5, 5.41) is 0. The third-order valence-corrected chi connectivity index (χ3v) is 14.6. The summed E-state index contributed by atoms with van der Waals surface area (Å²) in [5.41, 5.74) is 12.6. The predicted molar refractivity (Wildman–Crippen MR) is 141 cm³/mol. The molecule has 0 N–H and O–H groups in total. The van der Waals surface area contributed by atoms with Crippen LogP contribution in [0, 0.1) is 13.8 Å². The van der Waals surface area contributed by atoms with E-state index in [2.05, 4.69) is 108 Å². The normalized spacial score (nSPS) is 27.1. The molecule has 0 radical (unpaired) electrons. The molecule has 32 heavy (non-hydrogen) atoms. The number of fused-ring (bicyclic) bond motifs is 2. The lowest BCUT2D eigenvalue weighted by Crippen LogP contribution is -2.46. The summed E-state index contributed by atoms with van der Waals surface area (Å²) < 4.78 is 0. The molecule has 3 aromatic rings. The third-order valence-electron chi connectivity index (χ3n) is 9.33. The van der Waals surface area contributed by atoms with Gasteiger partial charge in [0, 0.05) is 0 Å². The van der Waals surface area contributed by atoms with Crippen LogP contribution in [-0.4, -0.2) is 8.07 Å². The Morgan fingerprint density at radius 3 is 1.72 bits per heavy atom. The number of hydrogen-bond donors (Lipinski definition) is 0. The first-order chi connectivity index (χ1) is 15.3. The first-order valence-corrected chi connectivity index (χ1v) is 15.7. The second kappa shape index (κ2) is 8.03. The van der Waals surface area contributed by atoms with Crippen molar-refractivity contribution in [2.75, 3.05) is 0 Å². The molecule has 3 aromatic carbocycles. The molecule has 0 nitrogen and oxygen atoms in total. The Labute approximate surface area is 196 Å². The fourth-order valence-electron chi connectivity index (χ4n) is 7.75. The van der Waals surface area contributed by atoms with E-state index in [0.717, 1.165) is 11.1 Å². The van der Waals surface area contributed by atoms with Crippen molar-refractivity contribution in [2.45, 2.75) is 82.5 Å². The van der Waals surface area contributed by atoms with Gasteiger partial charge in [-0.3, -0.25) is 0 Å². The van der Waals surface area contributed by atoms with Crippen LogP contribution in [0.15, 0.2) is 66.7 Å². The summed E-state index contributed by atoms with van der Waals surface area (Å²) in [5.74, 6) is 1.97. The van der Waals surface area contributed by atoms with E-state index in [9.17, 15) is 0 Å². The Morgan fingerprint density at radius 2 is 1.16 bits per heavy atom. The van der Waals surface area contributed by atoms with Crippen molar-refractivity contribution in [3.8, 4) is 0 Å². The van der Waals surface area contributed by atoms with Crippen molar-refractivity contribution < 1.29 is 0 Å². The van der Waals surface area contributed by atoms with Gasteiger partial charge in [0.25, 0.3) is 0 Å². The van der Waals surface area contributed by atoms with Crippen molar-refractivity contribution in [3.05, 3.63) is 106 Å². The first-order valence-electron chi connectivity index (χ1n) is 12.5. The maximum Gasteiger partial charge on any atom is 0.0557 e. The SMILES string of the molecule is Cc1ccc(C)c2c1CC(c1ccccc1)C([Si](C)(C)C1C(C)c3ccccc3C1C)C2. The largest absolute Gasteiger partial charge is 0.0689 e. The van der Waals surface area contributed by atoms with Crippen LogP contribution in [0.5, 0.6) is 0 Å². The molecule has 166 valence electrons. The maximum atomic E-state index is 2.73. The topological polar surface area (TPSA) is 0 Å². The van der Waals surface area contributed by atoms with E-state index in [1.165, 1.54) is 24.0 Å². The van der Waals surface area contributed by atoms with Gasteiger partial charge in [0.15, 0.2) is 0 Å². The van der Waals surface area contributed by atoms with E-state index in [1.54, 1.807) is 27.8 Å². The molecule has 2 aliphatic carbocycles. The molecule has 2 aliphatic rings.